The summed E-state index contributed by atoms with van der Waals surface area (Å²) in [7, 11) is 0. The van der Waals surface area contributed by atoms with Crippen LogP contribution in [0.15, 0.2) is 0 Å². The van der Waals surface area contributed by atoms with Crippen molar-refractivity contribution in [2.24, 2.45) is 11.1 Å². The maximum absolute atomic E-state index is 12.0. The fraction of sp³-hybridized carbons (Fsp3) is 0.917. The highest BCUT2D eigenvalue weighted by Gasteiger charge is 2.36. The zero-order valence-electron chi connectivity index (χ0n) is 10.0. The minimum atomic E-state index is -0.100. The molecule has 0 heterocycles. The summed E-state index contributed by atoms with van der Waals surface area (Å²) >= 11 is 0. The van der Waals surface area contributed by atoms with Gasteiger partial charge >= 0.3 is 0 Å². The van der Waals surface area contributed by atoms with Crippen LogP contribution in [0.1, 0.15) is 52.4 Å². The molecule has 1 atom stereocenters. The third-order valence-electron chi connectivity index (χ3n) is 3.47. The molecule has 1 saturated carbocycles. The van der Waals surface area contributed by atoms with Crippen LogP contribution in [0.4, 0.5) is 0 Å². The zero-order chi connectivity index (χ0) is 11.3. The monoisotopic (exact) mass is 212 g/mol. The molecule has 0 radical (unpaired) electrons. The predicted molar refractivity (Wildman–Crippen MR) is 62.5 cm³/mol. The maximum Gasteiger partial charge on any atom is 0.226 e. The molecule has 0 bridgehead atoms. The lowest BCUT2D eigenvalue weighted by Gasteiger charge is -2.25. The van der Waals surface area contributed by atoms with Crippen molar-refractivity contribution in [1.29, 1.82) is 0 Å². The molecule has 1 fully saturated rings. The lowest BCUT2D eigenvalue weighted by atomic mass is 9.87. The minimum absolute atomic E-state index is 0.100. The molecule has 1 amide bonds. The molecule has 0 aromatic heterocycles. The highest BCUT2D eigenvalue weighted by molar-refractivity contribution is 5.82. The summed E-state index contributed by atoms with van der Waals surface area (Å²) in [5, 5.41) is 3.10. The lowest BCUT2D eigenvalue weighted by molar-refractivity contribution is -0.130. The Balaban J connectivity index is 2.34. The van der Waals surface area contributed by atoms with E-state index in [0.29, 0.717) is 6.54 Å². The topological polar surface area (TPSA) is 55.1 Å². The number of carbonyl (C=O) groups is 1. The van der Waals surface area contributed by atoms with E-state index in [-0.39, 0.29) is 17.4 Å². The van der Waals surface area contributed by atoms with Crippen LogP contribution in [0, 0.1) is 5.41 Å². The van der Waals surface area contributed by atoms with Crippen LogP contribution in [0.25, 0.3) is 0 Å². The van der Waals surface area contributed by atoms with E-state index in [1.54, 1.807) is 0 Å². The van der Waals surface area contributed by atoms with E-state index in [1.807, 2.05) is 0 Å². The minimum Gasteiger partial charge on any atom is -0.353 e. The zero-order valence-corrected chi connectivity index (χ0v) is 10.0. The number of nitrogens with two attached hydrogens (primary N) is 1. The summed E-state index contributed by atoms with van der Waals surface area (Å²) in [5.41, 5.74) is 5.34. The van der Waals surface area contributed by atoms with Gasteiger partial charge in [-0.3, -0.25) is 4.79 Å². The largest absolute Gasteiger partial charge is 0.353 e. The highest BCUT2D eigenvalue weighted by Crippen LogP contribution is 2.37. The number of amides is 1. The van der Waals surface area contributed by atoms with Gasteiger partial charge in [0.15, 0.2) is 0 Å². The Morgan fingerprint density at radius 3 is 2.60 bits per heavy atom. The Labute approximate surface area is 92.8 Å². The van der Waals surface area contributed by atoms with E-state index in [9.17, 15) is 4.79 Å². The van der Waals surface area contributed by atoms with Gasteiger partial charge in [-0.2, -0.15) is 0 Å². The summed E-state index contributed by atoms with van der Waals surface area (Å²) < 4.78 is 0. The van der Waals surface area contributed by atoms with Crippen LogP contribution in [-0.4, -0.2) is 18.5 Å². The van der Waals surface area contributed by atoms with Gasteiger partial charge in [-0.15, -0.1) is 0 Å². The second-order valence-corrected chi connectivity index (χ2v) is 5.07. The number of carbonyl (C=O) groups excluding carboxylic acids is 1. The summed E-state index contributed by atoms with van der Waals surface area (Å²) in [4.78, 5) is 12.0. The number of hydrogen-bond donors (Lipinski definition) is 2. The summed E-state index contributed by atoms with van der Waals surface area (Å²) in [6.45, 7) is 4.86. The van der Waals surface area contributed by atoms with Crippen LogP contribution in [-0.2, 0) is 4.79 Å². The normalized spacial score (nSPS) is 21.3. The molecule has 15 heavy (non-hydrogen) atoms. The smallest absolute Gasteiger partial charge is 0.226 e. The van der Waals surface area contributed by atoms with Gasteiger partial charge in [0.25, 0.3) is 0 Å². The molecule has 0 aliphatic heterocycles. The van der Waals surface area contributed by atoms with E-state index in [0.717, 1.165) is 25.7 Å². The second-order valence-electron chi connectivity index (χ2n) is 5.07. The summed E-state index contributed by atoms with van der Waals surface area (Å²) in [5.74, 6) is 0.240. The molecule has 1 rings (SSSR count). The van der Waals surface area contributed by atoms with Crippen molar-refractivity contribution < 1.29 is 4.79 Å². The van der Waals surface area contributed by atoms with Crippen molar-refractivity contribution in [1.82, 2.24) is 5.32 Å². The molecule has 0 saturated heterocycles. The van der Waals surface area contributed by atoms with Gasteiger partial charge in [0.1, 0.15) is 0 Å². The van der Waals surface area contributed by atoms with Crippen molar-refractivity contribution in [2.75, 3.05) is 6.54 Å². The molecular weight excluding hydrogens is 188 g/mol. The SMILES string of the molecule is CC(CCCN)NC(=O)C1(C)CCCC1. The first-order valence-corrected chi connectivity index (χ1v) is 6.09. The van der Waals surface area contributed by atoms with E-state index >= 15 is 0 Å². The van der Waals surface area contributed by atoms with E-state index in [1.165, 1.54) is 12.8 Å². The Morgan fingerprint density at radius 2 is 2.07 bits per heavy atom. The predicted octanol–water partition coefficient (Wildman–Crippen LogP) is 1.81. The molecule has 0 aromatic rings. The first kappa shape index (κ1) is 12.5. The van der Waals surface area contributed by atoms with Gasteiger partial charge in [0, 0.05) is 11.5 Å². The van der Waals surface area contributed by atoms with Crippen molar-refractivity contribution in [3.05, 3.63) is 0 Å². The van der Waals surface area contributed by atoms with Crippen LogP contribution in [0.5, 0.6) is 0 Å². The Hall–Kier alpha value is -0.570. The third-order valence-corrected chi connectivity index (χ3v) is 3.47. The van der Waals surface area contributed by atoms with Crippen molar-refractivity contribution in [2.45, 2.75) is 58.4 Å². The average Bonchev–Trinajstić information content (AvgIpc) is 2.63. The van der Waals surface area contributed by atoms with Crippen molar-refractivity contribution >= 4 is 5.91 Å². The first-order chi connectivity index (χ1) is 7.08. The fourth-order valence-electron chi connectivity index (χ4n) is 2.28. The molecule has 0 spiro atoms. The van der Waals surface area contributed by atoms with Gasteiger partial charge < -0.3 is 11.1 Å². The van der Waals surface area contributed by atoms with Crippen molar-refractivity contribution in [3.63, 3.8) is 0 Å². The average molecular weight is 212 g/mol. The van der Waals surface area contributed by atoms with Gasteiger partial charge in [-0.1, -0.05) is 19.8 Å². The molecular formula is C12H24N2O. The van der Waals surface area contributed by atoms with Crippen LogP contribution >= 0.6 is 0 Å². The number of hydrogen-bond acceptors (Lipinski definition) is 2. The van der Waals surface area contributed by atoms with Gasteiger partial charge in [-0.05, 0) is 39.2 Å². The van der Waals surface area contributed by atoms with Gasteiger partial charge in [-0.25, -0.2) is 0 Å². The van der Waals surface area contributed by atoms with Crippen LogP contribution in [0.2, 0.25) is 0 Å². The number of nitrogens with one attached hydrogen (secondary N) is 1. The van der Waals surface area contributed by atoms with E-state index < -0.39 is 0 Å². The Kier molecular flexibility index (Phi) is 4.58. The van der Waals surface area contributed by atoms with E-state index in [4.69, 9.17) is 5.73 Å². The molecule has 1 aliphatic rings. The second kappa shape index (κ2) is 5.50. The quantitative estimate of drug-likeness (QED) is 0.730. The summed E-state index contributed by atoms with van der Waals surface area (Å²) in [6.07, 6.45) is 6.45. The Morgan fingerprint density at radius 1 is 1.47 bits per heavy atom. The third kappa shape index (κ3) is 3.49. The first-order valence-electron chi connectivity index (χ1n) is 6.09. The molecule has 88 valence electrons. The maximum atomic E-state index is 12.0. The van der Waals surface area contributed by atoms with Crippen molar-refractivity contribution in [3.8, 4) is 0 Å². The molecule has 3 heteroatoms. The fourth-order valence-corrected chi connectivity index (χ4v) is 2.28. The molecule has 1 unspecified atom stereocenters. The van der Waals surface area contributed by atoms with Crippen LogP contribution < -0.4 is 11.1 Å². The van der Waals surface area contributed by atoms with Crippen LogP contribution in [0.3, 0.4) is 0 Å². The molecule has 1 aliphatic carbocycles. The standard InChI is InChI=1S/C12H24N2O/c1-10(6-5-9-13)14-11(15)12(2)7-3-4-8-12/h10H,3-9,13H2,1-2H3,(H,14,15). The highest BCUT2D eigenvalue weighted by atomic mass is 16.2. The summed E-state index contributed by atoms with van der Waals surface area (Å²) in [6, 6.07) is 0.262. The molecule has 3 N–H and O–H groups in total. The number of rotatable bonds is 5. The lowest BCUT2D eigenvalue weighted by Crippen LogP contribution is -2.42. The molecule has 3 nitrogen and oxygen atoms in total. The van der Waals surface area contributed by atoms with Gasteiger partial charge in [0.05, 0.1) is 0 Å². The van der Waals surface area contributed by atoms with Gasteiger partial charge in [0.2, 0.25) is 5.91 Å². The Bertz CT molecular complexity index is 210. The molecule has 0 aromatic carbocycles. The van der Waals surface area contributed by atoms with E-state index in [2.05, 4.69) is 19.2 Å².